The van der Waals surface area contributed by atoms with Gasteiger partial charge >= 0.3 is 12.0 Å². The van der Waals surface area contributed by atoms with Gasteiger partial charge in [-0.1, -0.05) is 12.1 Å². The maximum Gasteiger partial charge on any atom is 0.328 e. The molecular weight excluding hydrogens is 258 g/mol. The van der Waals surface area contributed by atoms with E-state index in [1.54, 1.807) is 29.2 Å². The van der Waals surface area contributed by atoms with Crippen molar-refractivity contribution >= 4 is 23.8 Å². The molecule has 6 nitrogen and oxygen atoms in total. The Bertz CT molecular complexity index is 525. The molecule has 6 heteroatoms. The van der Waals surface area contributed by atoms with Crippen LogP contribution < -0.4 is 11.1 Å². The van der Waals surface area contributed by atoms with Gasteiger partial charge < -0.3 is 21.1 Å². The van der Waals surface area contributed by atoms with E-state index in [9.17, 15) is 9.59 Å². The summed E-state index contributed by atoms with van der Waals surface area (Å²) in [6.07, 6.45) is 3.39. The smallest absolute Gasteiger partial charge is 0.328 e. The van der Waals surface area contributed by atoms with Crippen molar-refractivity contribution < 1.29 is 14.7 Å². The molecule has 2 rings (SSSR count). The van der Waals surface area contributed by atoms with Crippen molar-refractivity contribution in [3.05, 3.63) is 35.9 Å². The number of hydrogen-bond donors (Lipinski definition) is 3. The van der Waals surface area contributed by atoms with Gasteiger partial charge in [0.2, 0.25) is 0 Å². The van der Waals surface area contributed by atoms with Gasteiger partial charge in [0, 0.05) is 30.9 Å². The summed E-state index contributed by atoms with van der Waals surface area (Å²) in [5.41, 5.74) is 7.18. The zero-order valence-corrected chi connectivity index (χ0v) is 11.0. The molecule has 0 aliphatic carbocycles. The van der Waals surface area contributed by atoms with Crippen molar-refractivity contribution in [1.82, 2.24) is 4.90 Å². The van der Waals surface area contributed by atoms with Gasteiger partial charge in [-0.25, -0.2) is 9.59 Å². The normalized spacial score (nSPS) is 18.4. The van der Waals surface area contributed by atoms with E-state index < -0.39 is 5.97 Å². The highest BCUT2D eigenvalue weighted by Crippen LogP contribution is 2.13. The molecule has 1 aliphatic heterocycles. The lowest BCUT2D eigenvalue weighted by Crippen LogP contribution is -2.35. The van der Waals surface area contributed by atoms with E-state index in [1.165, 1.54) is 6.08 Å². The van der Waals surface area contributed by atoms with Crippen LogP contribution in [0.5, 0.6) is 0 Å². The Labute approximate surface area is 116 Å². The Morgan fingerprint density at radius 1 is 1.35 bits per heavy atom. The molecule has 1 heterocycles. The van der Waals surface area contributed by atoms with E-state index in [2.05, 4.69) is 5.32 Å². The van der Waals surface area contributed by atoms with Crippen molar-refractivity contribution in [2.24, 2.45) is 5.73 Å². The van der Waals surface area contributed by atoms with Gasteiger partial charge in [-0.3, -0.25) is 0 Å². The lowest BCUT2D eigenvalue weighted by Gasteiger charge is -2.16. The number of hydrogen-bond acceptors (Lipinski definition) is 3. The van der Waals surface area contributed by atoms with Gasteiger partial charge in [0.15, 0.2) is 0 Å². The fraction of sp³-hybridized carbons (Fsp3) is 0.286. The maximum atomic E-state index is 11.9. The molecule has 1 atom stereocenters. The number of carbonyl (C=O) groups is 2. The van der Waals surface area contributed by atoms with E-state index in [-0.39, 0.29) is 12.1 Å². The number of anilines is 1. The second-order valence-electron chi connectivity index (χ2n) is 4.72. The number of carboxylic acids is 1. The number of nitrogens with two attached hydrogens (primary N) is 1. The fourth-order valence-corrected chi connectivity index (χ4v) is 2.02. The van der Waals surface area contributed by atoms with E-state index in [4.69, 9.17) is 10.8 Å². The molecule has 1 saturated heterocycles. The quantitative estimate of drug-likeness (QED) is 0.725. The first-order valence-electron chi connectivity index (χ1n) is 6.37. The van der Waals surface area contributed by atoms with Gasteiger partial charge in [-0.2, -0.15) is 0 Å². The van der Waals surface area contributed by atoms with Crippen molar-refractivity contribution in [3.8, 4) is 0 Å². The van der Waals surface area contributed by atoms with Crippen LogP contribution in [0.3, 0.4) is 0 Å². The van der Waals surface area contributed by atoms with Crippen LogP contribution in [0.15, 0.2) is 30.3 Å². The molecule has 1 aromatic rings. The number of nitrogens with zero attached hydrogens (tertiary/aromatic N) is 1. The predicted octanol–water partition coefficient (Wildman–Crippen LogP) is 1.35. The van der Waals surface area contributed by atoms with Gasteiger partial charge in [0.1, 0.15) is 0 Å². The van der Waals surface area contributed by atoms with Gasteiger partial charge in [-0.05, 0) is 30.2 Å². The van der Waals surface area contributed by atoms with Crippen LogP contribution in [0.25, 0.3) is 6.08 Å². The lowest BCUT2D eigenvalue weighted by atomic mass is 10.2. The molecule has 1 unspecified atom stereocenters. The average molecular weight is 275 g/mol. The standard InChI is InChI=1S/C14H17N3O3/c15-11-7-8-17(9-11)14(20)16-12-4-1-10(2-5-12)3-6-13(18)19/h1-6,11H,7-9,15H2,(H,16,20)(H,18,19)/b6-3+. The average Bonchev–Trinajstić information content (AvgIpc) is 2.85. The van der Waals surface area contributed by atoms with Crippen LogP contribution in [0.4, 0.5) is 10.5 Å². The second-order valence-corrected chi connectivity index (χ2v) is 4.72. The number of benzene rings is 1. The Hall–Kier alpha value is -2.34. The Balaban J connectivity index is 1.93. The molecule has 0 bridgehead atoms. The minimum atomic E-state index is -0.993. The number of urea groups is 1. The van der Waals surface area contributed by atoms with E-state index in [0.717, 1.165) is 18.1 Å². The summed E-state index contributed by atoms with van der Waals surface area (Å²) >= 11 is 0. The molecular formula is C14H17N3O3. The summed E-state index contributed by atoms with van der Waals surface area (Å²) in [6, 6.07) is 6.84. The maximum absolute atomic E-state index is 11.9. The number of amides is 2. The highest BCUT2D eigenvalue weighted by Gasteiger charge is 2.23. The summed E-state index contributed by atoms with van der Waals surface area (Å²) in [6.45, 7) is 1.25. The first-order chi connectivity index (χ1) is 9.54. The number of rotatable bonds is 3. The molecule has 2 amide bonds. The van der Waals surface area contributed by atoms with Crippen LogP contribution in [0, 0.1) is 0 Å². The summed E-state index contributed by atoms with van der Waals surface area (Å²) in [5.74, 6) is -0.993. The van der Waals surface area contributed by atoms with Crippen molar-refractivity contribution in [1.29, 1.82) is 0 Å². The third kappa shape index (κ3) is 3.83. The van der Waals surface area contributed by atoms with Crippen LogP contribution in [0.2, 0.25) is 0 Å². The molecule has 106 valence electrons. The molecule has 1 aliphatic rings. The molecule has 0 saturated carbocycles. The molecule has 0 spiro atoms. The zero-order valence-electron chi connectivity index (χ0n) is 11.0. The van der Waals surface area contributed by atoms with Crippen LogP contribution in [-0.4, -0.2) is 41.1 Å². The molecule has 20 heavy (non-hydrogen) atoms. The summed E-state index contributed by atoms with van der Waals surface area (Å²) in [4.78, 5) is 24.0. The fourth-order valence-electron chi connectivity index (χ4n) is 2.02. The second kappa shape index (κ2) is 6.21. The highest BCUT2D eigenvalue weighted by atomic mass is 16.4. The third-order valence-corrected chi connectivity index (χ3v) is 3.09. The summed E-state index contributed by atoms with van der Waals surface area (Å²) in [5, 5.41) is 11.3. The number of nitrogens with one attached hydrogen (secondary N) is 1. The monoisotopic (exact) mass is 275 g/mol. The van der Waals surface area contributed by atoms with Crippen molar-refractivity contribution in [2.75, 3.05) is 18.4 Å². The summed E-state index contributed by atoms with van der Waals surface area (Å²) < 4.78 is 0. The van der Waals surface area contributed by atoms with Crippen LogP contribution >= 0.6 is 0 Å². The van der Waals surface area contributed by atoms with Gasteiger partial charge in [0.05, 0.1) is 0 Å². The number of carbonyl (C=O) groups excluding carboxylic acids is 1. The first kappa shape index (κ1) is 14.1. The largest absolute Gasteiger partial charge is 0.478 e. The van der Waals surface area contributed by atoms with Crippen LogP contribution in [-0.2, 0) is 4.79 Å². The first-order valence-corrected chi connectivity index (χ1v) is 6.37. The molecule has 0 radical (unpaired) electrons. The molecule has 1 aromatic carbocycles. The predicted molar refractivity (Wildman–Crippen MR) is 76.3 cm³/mol. The highest BCUT2D eigenvalue weighted by molar-refractivity contribution is 5.90. The minimum absolute atomic E-state index is 0.0595. The number of likely N-dealkylation sites (tertiary alicyclic amines) is 1. The Morgan fingerprint density at radius 2 is 2.05 bits per heavy atom. The zero-order chi connectivity index (χ0) is 14.5. The number of carboxylic acid groups (broad SMARTS) is 1. The van der Waals surface area contributed by atoms with Crippen molar-refractivity contribution in [2.45, 2.75) is 12.5 Å². The Kier molecular flexibility index (Phi) is 4.37. The molecule has 1 fully saturated rings. The molecule has 4 N–H and O–H groups in total. The van der Waals surface area contributed by atoms with Crippen LogP contribution in [0.1, 0.15) is 12.0 Å². The topological polar surface area (TPSA) is 95.7 Å². The van der Waals surface area contributed by atoms with E-state index in [1.807, 2.05) is 0 Å². The van der Waals surface area contributed by atoms with E-state index in [0.29, 0.717) is 18.8 Å². The number of aliphatic carboxylic acids is 1. The Morgan fingerprint density at radius 3 is 2.60 bits per heavy atom. The van der Waals surface area contributed by atoms with E-state index >= 15 is 0 Å². The lowest BCUT2D eigenvalue weighted by molar-refractivity contribution is -0.131. The minimum Gasteiger partial charge on any atom is -0.478 e. The third-order valence-electron chi connectivity index (χ3n) is 3.09. The van der Waals surface area contributed by atoms with Gasteiger partial charge in [-0.15, -0.1) is 0 Å². The summed E-state index contributed by atoms with van der Waals surface area (Å²) in [7, 11) is 0. The van der Waals surface area contributed by atoms with Crippen molar-refractivity contribution in [3.63, 3.8) is 0 Å². The SMILES string of the molecule is NC1CCN(C(=O)Nc2ccc(/C=C/C(=O)O)cc2)C1. The van der Waals surface area contributed by atoms with Gasteiger partial charge in [0.25, 0.3) is 0 Å². The molecule has 0 aromatic heterocycles.